The Kier molecular flexibility index (Phi) is 23.6. The number of methoxy groups -OCH3 is 4. The highest BCUT2D eigenvalue weighted by molar-refractivity contribution is 9.10. The summed E-state index contributed by atoms with van der Waals surface area (Å²) in [5.41, 5.74) is 27.0. The summed E-state index contributed by atoms with van der Waals surface area (Å²) in [4.78, 5) is 119. The SMILES string of the molecule is COc1cc2nccc(Oc3cc(Br)c4c(C(=O)N5CC(F)(F)C5)coc4c3)c2cc1C(N)=O.COc1cc2nccc(Oc3cc(Cl)c4c(C(=O)N5CC(F)(F)C5)coc4c3)c2cc1C(N)=O.COc1cc2nccc(Oc3ccc4oc(C(=O)N5CCCC5)cc4c3)c2cc1C(N)=O.COc1cc2nccc(Oc3ccc4oc(C(=O)NC5CC5)cc4c3)c2cc1C(N)=O. The number of alkyl halides is 4. The predicted octanol–water partition coefficient (Wildman–Crippen LogP) is 17.2. The first-order valence-electron chi connectivity index (χ1n) is 40.1. The third-order valence-corrected chi connectivity index (χ3v) is 22.6. The summed E-state index contributed by atoms with van der Waals surface area (Å²) in [6.07, 6.45) is 12.8. The zero-order valence-corrected chi connectivity index (χ0v) is 71.7. The number of nitrogens with two attached hydrogens (primary N) is 4. The van der Waals surface area contributed by atoms with Gasteiger partial charge in [-0.3, -0.25) is 58.3 Å². The molecule has 666 valence electrons. The van der Waals surface area contributed by atoms with Crippen molar-refractivity contribution < 1.29 is 111 Å². The Morgan fingerprint density at radius 3 is 1.15 bits per heavy atom. The summed E-state index contributed by atoms with van der Waals surface area (Å²) < 4.78 is 121. The molecule has 0 radical (unpaired) electrons. The topological polar surface area (TPSA) is 440 Å². The molecule has 0 atom stereocenters. The van der Waals surface area contributed by atoms with E-state index in [0.717, 1.165) is 59.3 Å². The van der Waals surface area contributed by atoms with Crippen molar-refractivity contribution >= 4 is 162 Å². The van der Waals surface area contributed by atoms with Crippen LogP contribution in [0.3, 0.4) is 0 Å². The van der Waals surface area contributed by atoms with E-state index in [-0.39, 0.29) is 79.1 Å². The largest absolute Gasteiger partial charge is 0.496 e. The van der Waals surface area contributed by atoms with Gasteiger partial charge in [-0.2, -0.15) is 0 Å². The smallest absolute Gasteiger partial charge is 0.289 e. The highest BCUT2D eigenvalue weighted by Gasteiger charge is 2.48. The van der Waals surface area contributed by atoms with Crippen molar-refractivity contribution in [1.82, 2.24) is 40.0 Å². The van der Waals surface area contributed by atoms with Crippen LogP contribution in [0.2, 0.25) is 5.02 Å². The second-order valence-corrected chi connectivity index (χ2v) is 31.9. The average molecular weight is 1870 g/mol. The van der Waals surface area contributed by atoms with Gasteiger partial charge in [-0.25, -0.2) is 17.6 Å². The maximum absolute atomic E-state index is 13.2. The standard InChI is InChI=1S/C24H21N3O5.C23H16BrF2N3O5.C23H16ClF2N3O5.C23H19N3O5/c1-30-21-13-18-16(12-17(21)23(25)28)20(6-7-26-18)31-15-4-5-19-14(10-15)11-22(32-19)24(29)27-8-2-3-9-27;2*1-32-18-7-16-12(6-13(18)21(27)30)17(2-3-28-16)34-11-4-15(24)20-14(8-33-19(20)5-11)22(31)29-9-23(25,26)10-29;1-29-20-11-17-15(10-16(20)22(24)27)19(6-7-25-17)30-14-4-5-18-12(8-14)9-21(31-18)23(28)26-13-2-3-13/h4-7,10-13H,2-3,8-9H2,1H3,(H2,25,28);2*2-8H,9-10H2,1H3,(H2,27,30);4-11,13H,2-3H2,1H3,(H2,24,27)(H,26,28). The fraction of sp³-hybridized carbons (Fsp3) is 0.183. The first-order chi connectivity index (χ1) is 62.9. The van der Waals surface area contributed by atoms with Gasteiger partial charge in [0.05, 0.1) is 120 Å². The number of furan rings is 4. The number of carbonyl (C=O) groups excluding carboxylic acids is 8. The number of primary amides is 4. The molecule has 11 heterocycles. The molecule has 8 amide bonds. The van der Waals surface area contributed by atoms with E-state index in [2.05, 4.69) is 41.2 Å². The molecule has 131 heavy (non-hydrogen) atoms. The number of hydrogen-bond donors (Lipinski definition) is 5. The number of aromatic nitrogens is 4. The van der Waals surface area contributed by atoms with Gasteiger partial charge in [0.15, 0.2) is 11.5 Å². The number of ether oxygens (including phenoxy) is 8. The lowest BCUT2D eigenvalue weighted by atomic mass is 10.1. The van der Waals surface area contributed by atoms with Crippen LogP contribution in [0.1, 0.15) is 109 Å². The van der Waals surface area contributed by atoms with E-state index in [4.69, 9.17) is 90.1 Å². The second-order valence-electron chi connectivity index (χ2n) is 30.6. The minimum absolute atomic E-state index is 0.0887. The number of hydrogen-bond acceptors (Lipinski definition) is 24. The lowest BCUT2D eigenvalue weighted by Gasteiger charge is -2.38. The number of halogens is 6. The number of nitrogens with one attached hydrogen (secondary N) is 1. The predicted molar refractivity (Wildman–Crippen MR) is 472 cm³/mol. The molecule has 8 aromatic heterocycles. The van der Waals surface area contributed by atoms with Crippen LogP contribution in [-0.2, 0) is 0 Å². The van der Waals surface area contributed by atoms with Gasteiger partial charge in [-0.1, -0.05) is 11.6 Å². The molecule has 1 aliphatic carbocycles. The first kappa shape index (κ1) is 87.3. The van der Waals surface area contributed by atoms with Crippen LogP contribution in [0.25, 0.3) is 87.5 Å². The van der Waals surface area contributed by atoms with Crippen LogP contribution >= 0.6 is 27.5 Å². The molecule has 20 rings (SSSR count). The van der Waals surface area contributed by atoms with Crippen LogP contribution < -0.4 is 66.1 Å². The van der Waals surface area contributed by atoms with Crippen molar-refractivity contribution in [2.45, 2.75) is 43.6 Å². The van der Waals surface area contributed by atoms with Crippen molar-refractivity contribution in [2.75, 3.05) is 67.7 Å². The van der Waals surface area contributed by atoms with Crippen LogP contribution in [0, 0.1) is 0 Å². The van der Waals surface area contributed by atoms with Crippen LogP contribution in [0.5, 0.6) is 69.0 Å². The van der Waals surface area contributed by atoms with Gasteiger partial charge < -0.3 is 98.5 Å². The number of likely N-dealkylation sites (tertiary alicyclic amines) is 3. The van der Waals surface area contributed by atoms with Gasteiger partial charge in [0.25, 0.3) is 59.1 Å². The molecule has 0 unspecified atom stereocenters. The Balaban J connectivity index is 0.000000122. The van der Waals surface area contributed by atoms with Gasteiger partial charge in [-0.05, 0) is 145 Å². The molecule has 1 saturated carbocycles. The fourth-order valence-electron chi connectivity index (χ4n) is 15.1. The number of fused-ring (bicyclic) bond motifs is 8. The van der Waals surface area contributed by atoms with E-state index < -0.39 is 73.5 Å². The van der Waals surface area contributed by atoms with E-state index in [9.17, 15) is 55.9 Å². The fourth-order valence-corrected chi connectivity index (χ4v) is 16.1. The Labute approximate surface area is 750 Å². The number of rotatable bonds is 21. The molecular formula is C93H72BrClF4N12O20. The summed E-state index contributed by atoms with van der Waals surface area (Å²) in [5.74, 6) is -4.33. The third kappa shape index (κ3) is 18.1. The minimum atomic E-state index is -2.88. The maximum atomic E-state index is 13.2. The molecule has 32 nitrogen and oxygen atoms in total. The summed E-state index contributed by atoms with van der Waals surface area (Å²) in [5, 5.41) is 7.60. The third-order valence-electron chi connectivity index (χ3n) is 21.7. The number of benzene rings is 8. The molecule has 16 aromatic rings. The summed E-state index contributed by atoms with van der Waals surface area (Å²) >= 11 is 9.84. The Morgan fingerprint density at radius 1 is 0.412 bits per heavy atom. The normalized spacial score (nSPS) is 14.1. The molecule has 38 heteroatoms. The van der Waals surface area contributed by atoms with E-state index in [1.165, 1.54) is 65.4 Å². The number of amides is 8. The van der Waals surface area contributed by atoms with E-state index >= 15 is 0 Å². The van der Waals surface area contributed by atoms with Crippen molar-refractivity contribution in [2.24, 2.45) is 22.9 Å². The molecule has 3 aliphatic heterocycles. The van der Waals surface area contributed by atoms with Crippen molar-refractivity contribution in [3.63, 3.8) is 0 Å². The van der Waals surface area contributed by atoms with Gasteiger partial charge in [-0.15, -0.1) is 0 Å². The molecule has 8 aromatic carbocycles. The zero-order valence-electron chi connectivity index (χ0n) is 69.3. The molecule has 3 saturated heterocycles. The highest BCUT2D eigenvalue weighted by atomic mass is 79.9. The van der Waals surface area contributed by atoms with Crippen LogP contribution in [-0.4, -0.2) is 167 Å². The van der Waals surface area contributed by atoms with Gasteiger partial charge in [0.2, 0.25) is 0 Å². The van der Waals surface area contributed by atoms with Crippen molar-refractivity contribution in [3.8, 4) is 69.0 Å². The summed E-state index contributed by atoms with van der Waals surface area (Å²) in [6, 6.07) is 39.9. The van der Waals surface area contributed by atoms with Crippen molar-refractivity contribution in [3.05, 3.63) is 237 Å². The molecule has 0 spiro atoms. The lowest BCUT2D eigenvalue weighted by Crippen LogP contribution is -2.58. The van der Waals surface area contributed by atoms with E-state index in [1.807, 2.05) is 11.0 Å². The summed E-state index contributed by atoms with van der Waals surface area (Å²) in [6.45, 7) is -1.01. The molecule has 4 fully saturated rings. The summed E-state index contributed by atoms with van der Waals surface area (Å²) in [7, 11) is 5.78. The monoisotopic (exact) mass is 1870 g/mol. The lowest BCUT2D eigenvalue weighted by molar-refractivity contribution is -0.113. The van der Waals surface area contributed by atoms with Crippen molar-refractivity contribution in [1.29, 1.82) is 0 Å². The molecular weight excluding hydrogens is 1800 g/mol. The Bertz CT molecular complexity index is 7160. The Morgan fingerprint density at radius 2 is 0.771 bits per heavy atom. The van der Waals surface area contributed by atoms with Crippen LogP contribution in [0.4, 0.5) is 17.6 Å². The average Bonchev–Trinajstić information content (AvgIpc) is 1.63. The van der Waals surface area contributed by atoms with Gasteiger partial charge in [0.1, 0.15) is 104 Å². The Hall–Kier alpha value is -15.8. The molecule has 0 bridgehead atoms. The number of nitrogens with zero attached hydrogens (tertiary/aromatic N) is 7. The quantitative estimate of drug-likeness (QED) is 0.0417. The van der Waals surface area contributed by atoms with E-state index in [1.54, 1.807) is 140 Å². The van der Waals surface area contributed by atoms with Gasteiger partial charge in [0, 0.05) is 129 Å². The van der Waals surface area contributed by atoms with Crippen LogP contribution in [0.15, 0.2) is 205 Å². The number of carbonyl (C=O) groups is 8. The van der Waals surface area contributed by atoms with E-state index in [0.29, 0.717) is 139 Å². The second kappa shape index (κ2) is 35.4. The molecule has 4 aliphatic rings. The minimum Gasteiger partial charge on any atom is -0.496 e. The highest BCUT2D eigenvalue weighted by Crippen LogP contribution is 2.45. The number of pyridine rings is 4. The zero-order chi connectivity index (χ0) is 92.2. The van der Waals surface area contributed by atoms with Gasteiger partial charge >= 0.3 is 0 Å². The maximum Gasteiger partial charge on any atom is 0.289 e. The first-order valence-corrected chi connectivity index (χ1v) is 41.3. The molecule has 9 N–H and O–H groups in total.